The standard InChI is InChI=1S/C14H22N2O2/c1-5-12(14(2,3)4)15-13(17)10-8-11(18-16-10)9-6-7-9/h8-9,12H,5-7H2,1-4H3,(H,15,17). The van der Waals surface area contributed by atoms with Crippen molar-refractivity contribution in [3.8, 4) is 0 Å². The summed E-state index contributed by atoms with van der Waals surface area (Å²) < 4.78 is 5.20. The minimum atomic E-state index is -0.132. The minimum absolute atomic E-state index is 0.0491. The third-order valence-corrected chi connectivity index (χ3v) is 3.50. The summed E-state index contributed by atoms with van der Waals surface area (Å²) in [5.41, 5.74) is 0.451. The monoisotopic (exact) mass is 250 g/mol. The molecule has 1 aliphatic rings. The molecular formula is C14H22N2O2. The van der Waals surface area contributed by atoms with Gasteiger partial charge < -0.3 is 9.84 Å². The van der Waals surface area contributed by atoms with Crippen LogP contribution in [0.2, 0.25) is 0 Å². The fraction of sp³-hybridized carbons (Fsp3) is 0.714. The lowest BCUT2D eigenvalue weighted by Crippen LogP contribution is -2.43. The SMILES string of the molecule is CCC(NC(=O)c1cc(C2CC2)on1)C(C)(C)C. The van der Waals surface area contributed by atoms with Gasteiger partial charge in [0.2, 0.25) is 0 Å². The first-order chi connectivity index (χ1) is 8.41. The van der Waals surface area contributed by atoms with Gasteiger partial charge in [0.1, 0.15) is 5.76 Å². The highest BCUT2D eigenvalue weighted by Gasteiger charge is 2.30. The Bertz CT molecular complexity index is 427. The number of nitrogens with one attached hydrogen (secondary N) is 1. The lowest BCUT2D eigenvalue weighted by molar-refractivity contribution is 0.0890. The molecule has 1 saturated carbocycles. The quantitative estimate of drug-likeness (QED) is 0.893. The molecule has 1 aliphatic carbocycles. The van der Waals surface area contributed by atoms with E-state index in [2.05, 4.69) is 38.2 Å². The minimum Gasteiger partial charge on any atom is -0.360 e. The first-order valence-electron chi connectivity index (χ1n) is 6.69. The van der Waals surface area contributed by atoms with Crippen LogP contribution in [0.4, 0.5) is 0 Å². The van der Waals surface area contributed by atoms with Crippen LogP contribution in [0.5, 0.6) is 0 Å². The van der Waals surface area contributed by atoms with Crippen molar-refractivity contribution >= 4 is 5.91 Å². The van der Waals surface area contributed by atoms with Gasteiger partial charge in [0, 0.05) is 18.0 Å². The van der Waals surface area contributed by atoms with Crippen molar-refractivity contribution in [2.45, 2.75) is 58.9 Å². The first kappa shape index (κ1) is 13.1. The molecule has 1 amide bonds. The number of hydrogen-bond acceptors (Lipinski definition) is 3. The predicted octanol–water partition coefficient (Wildman–Crippen LogP) is 3.11. The molecule has 100 valence electrons. The van der Waals surface area contributed by atoms with Crippen LogP contribution in [0.1, 0.15) is 69.1 Å². The molecule has 1 atom stereocenters. The van der Waals surface area contributed by atoms with E-state index in [0.717, 1.165) is 25.0 Å². The molecule has 1 fully saturated rings. The van der Waals surface area contributed by atoms with E-state index in [0.29, 0.717) is 11.6 Å². The third-order valence-electron chi connectivity index (χ3n) is 3.50. The average molecular weight is 250 g/mol. The second-order valence-corrected chi connectivity index (χ2v) is 6.19. The van der Waals surface area contributed by atoms with E-state index in [9.17, 15) is 4.79 Å². The normalized spacial score (nSPS) is 17.6. The fourth-order valence-corrected chi connectivity index (χ4v) is 2.12. The molecule has 18 heavy (non-hydrogen) atoms. The molecule has 1 aromatic rings. The van der Waals surface area contributed by atoms with Gasteiger partial charge in [0.25, 0.3) is 5.91 Å². The summed E-state index contributed by atoms with van der Waals surface area (Å²) >= 11 is 0. The molecule has 1 N–H and O–H groups in total. The maximum atomic E-state index is 12.1. The topological polar surface area (TPSA) is 55.1 Å². The van der Waals surface area contributed by atoms with Crippen molar-refractivity contribution < 1.29 is 9.32 Å². The number of amides is 1. The van der Waals surface area contributed by atoms with E-state index in [1.807, 2.05) is 0 Å². The molecule has 0 bridgehead atoms. The molecule has 1 heterocycles. The third kappa shape index (κ3) is 2.92. The van der Waals surface area contributed by atoms with E-state index in [4.69, 9.17) is 4.52 Å². The maximum Gasteiger partial charge on any atom is 0.273 e. The van der Waals surface area contributed by atoms with Gasteiger partial charge in [-0.25, -0.2) is 0 Å². The summed E-state index contributed by atoms with van der Waals surface area (Å²) in [4.78, 5) is 12.1. The van der Waals surface area contributed by atoms with Gasteiger partial charge in [-0.3, -0.25) is 4.79 Å². The van der Waals surface area contributed by atoms with Crippen LogP contribution in [0, 0.1) is 5.41 Å². The molecule has 1 unspecified atom stereocenters. The number of carbonyl (C=O) groups is 1. The highest BCUT2D eigenvalue weighted by Crippen LogP contribution is 2.40. The van der Waals surface area contributed by atoms with Gasteiger partial charge >= 0.3 is 0 Å². The van der Waals surface area contributed by atoms with Crippen LogP contribution in [0.25, 0.3) is 0 Å². The zero-order chi connectivity index (χ0) is 13.3. The summed E-state index contributed by atoms with van der Waals surface area (Å²) in [6.07, 6.45) is 3.20. The van der Waals surface area contributed by atoms with Gasteiger partial charge in [-0.05, 0) is 24.7 Å². The lowest BCUT2D eigenvalue weighted by Gasteiger charge is -2.30. The van der Waals surface area contributed by atoms with E-state index in [-0.39, 0.29) is 17.4 Å². The molecule has 4 nitrogen and oxygen atoms in total. The van der Waals surface area contributed by atoms with Crippen molar-refractivity contribution in [1.29, 1.82) is 0 Å². The Labute approximate surface area is 108 Å². The second-order valence-electron chi connectivity index (χ2n) is 6.19. The second kappa shape index (κ2) is 4.75. The Morgan fingerprint density at radius 3 is 2.72 bits per heavy atom. The van der Waals surface area contributed by atoms with E-state index in [1.165, 1.54) is 0 Å². The zero-order valence-corrected chi connectivity index (χ0v) is 11.6. The van der Waals surface area contributed by atoms with Gasteiger partial charge in [-0.15, -0.1) is 0 Å². The van der Waals surface area contributed by atoms with Gasteiger partial charge in [-0.2, -0.15) is 0 Å². The van der Waals surface area contributed by atoms with Gasteiger partial charge in [0.15, 0.2) is 5.69 Å². The molecule has 2 rings (SSSR count). The number of aromatic nitrogens is 1. The van der Waals surface area contributed by atoms with Crippen LogP contribution >= 0.6 is 0 Å². The largest absolute Gasteiger partial charge is 0.360 e. The Morgan fingerprint density at radius 1 is 1.56 bits per heavy atom. The summed E-state index contributed by atoms with van der Waals surface area (Å²) in [5, 5.41) is 6.89. The average Bonchev–Trinajstić information content (AvgIpc) is 3.02. The number of hydrogen-bond donors (Lipinski definition) is 1. The zero-order valence-electron chi connectivity index (χ0n) is 11.6. The van der Waals surface area contributed by atoms with Gasteiger partial charge in [-0.1, -0.05) is 32.9 Å². The van der Waals surface area contributed by atoms with E-state index >= 15 is 0 Å². The number of nitrogens with zero attached hydrogens (tertiary/aromatic N) is 1. The lowest BCUT2D eigenvalue weighted by atomic mass is 9.85. The molecule has 4 heteroatoms. The molecule has 0 aromatic carbocycles. The fourth-order valence-electron chi connectivity index (χ4n) is 2.12. The summed E-state index contributed by atoms with van der Waals surface area (Å²) in [7, 11) is 0. The van der Waals surface area contributed by atoms with Crippen LogP contribution in [0.15, 0.2) is 10.6 Å². The highest BCUT2D eigenvalue weighted by molar-refractivity contribution is 5.92. The molecule has 0 radical (unpaired) electrons. The smallest absolute Gasteiger partial charge is 0.273 e. The van der Waals surface area contributed by atoms with E-state index in [1.54, 1.807) is 6.07 Å². The Hall–Kier alpha value is -1.32. The molecular weight excluding hydrogens is 228 g/mol. The van der Waals surface area contributed by atoms with Crippen LogP contribution < -0.4 is 5.32 Å². The van der Waals surface area contributed by atoms with Crippen LogP contribution in [-0.2, 0) is 0 Å². The Kier molecular flexibility index (Phi) is 3.46. The Morgan fingerprint density at radius 2 is 2.22 bits per heavy atom. The maximum absolute atomic E-state index is 12.1. The predicted molar refractivity (Wildman–Crippen MR) is 69.5 cm³/mol. The summed E-state index contributed by atoms with van der Waals surface area (Å²) in [5.74, 6) is 1.21. The number of carbonyl (C=O) groups excluding carboxylic acids is 1. The van der Waals surface area contributed by atoms with E-state index < -0.39 is 0 Å². The van der Waals surface area contributed by atoms with Crippen LogP contribution in [-0.4, -0.2) is 17.1 Å². The van der Waals surface area contributed by atoms with Crippen molar-refractivity contribution in [3.05, 3.63) is 17.5 Å². The Balaban J connectivity index is 2.01. The summed E-state index contributed by atoms with van der Waals surface area (Å²) in [6, 6.07) is 1.92. The molecule has 0 saturated heterocycles. The summed E-state index contributed by atoms with van der Waals surface area (Å²) in [6.45, 7) is 8.45. The van der Waals surface area contributed by atoms with Crippen molar-refractivity contribution in [2.75, 3.05) is 0 Å². The molecule has 0 aliphatic heterocycles. The van der Waals surface area contributed by atoms with Crippen molar-refractivity contribution in [2.24, 2.45) is 5.41 Å². The van der Waals surface area contributed by atoms with Gasteiger partial charge in [0.05, 0.1) is 0 Å². The van der Waals surface area contributed by atoms with Crippen molar-refractivity contribution in [1.82, 2.24) is 10.5 Å². The molecule has 1 aromatic heterocycles. The van der Waals surface area contributed by atoms with Crippen molar-refractivity contribution in [3.63, 3.8) is 0 Å². The van der Waals surface area contributed by atoms with Crippen LogP contribution in [0.3, 0.4) is 0 Å². The highest BCUT2D eigenvalue weighted by atomic mass is 16.5. The molecule has 0 spiro atoms. The number of rotatable bonds is 4. The first-order valence-corrected chi connectivity index (χ1v) is 6.69.